The second kappa shape index (κ2) is 8.18. The predicted octanol–water partition coefficient (Wildman–Crippen LogP) is 3.72. The fourth-order valence-corrected chi connectivity index (χ4v) is 5.34. The van der Waals surface area contributed by atoms with Crippen LogP contribution in [0.1, 0.15) is 48.7 Å². The number of benzene rings is 2. The Morgan fingerprint density at radius 3 is 2.37 bits per heavy atom. The topological polar surface area (TPSA) is 97.6 Å². The van der Waals surface area contributed by atoms with Gasteiger partial charge in [-0.05, 0) is 29.0 Å². The van der Waals surface area contributed by atoms with Crippen LogP contribution >= 0.6 is 0 Å². The Hall–Kier alpha value is -2.74. The quantitative estimate of drug-likeness (QED) is 0.532. The Balaban J connectivity index is 1.92. The number of carbonyl (C=O) groups excluding carboxylic acids is 1. The molecule has 1 unspecified atom stereocenters. The van der Waals surface area contributed by atoms with E-state index in [4.69, 9.17) is 0 Å². The lowest BCUT2D eigenvalue weighted by Crippen LogP contribution is -2.40. The molecular weight excluding hydrogens is 404 g/mol. The van der Waals surface area contributed by atoms with Crippen molar-refractivity contribution in [2.24, 2.45) is 0 Å². The molecule has 30 heavy (non-hydrogen) atoms. The number of non-ortho nitro benzene ring substituents is 1. The van der Waals surface area contributed by atoms with E-state index in [0.29, 0.717) is 6.42 Å². The van der Waals surface area contributed by atoms with Crippen molar-refractivity contribution in [1.82, 2.24) is 4.90 Å². The number of hydrogen-bond acceptors (Lipinski definition) is 5. The van der Waals surface area contributed by atoms with Gasteiger partial charge in [0.2, 0.25) is 0 Å². The first kappa shape index (κ1) is 22.0. The maximum absolute atomic E-state index is 13.3. The number of rotatable bonds is 5. The van der Waals surface area contributed by atoms with Gasteiger partial charge in [0.05, 0.1) is 16.4 Å². The van der Waals surface area contributed by atoms with Crippen LogP contribution in [0, 0.1) is 10.1 Å². The van der Waals surface area contributed by atoms with Gasteiger partial charge in [-0.15, -0.1) is 0 Å². The number of sulfone groups is 1. The van der Waals surface area contributed by atoms with Crippen molar-refractivity contribution in [3.8, 4) is 0 Å². The van der Waals surface area contributed by atoms with Crippen LogP contribution in [0.15, 0.2) is 48.5 Å². The summed E-state index contributed by atoms with van der Waals surface area (Å²) in [7, 11) is -3.20. The molecule has 1 amide bonds. The third-order valence-electron chi connectivity index (χ3n) is 5.39. The van der Waals surface area contributed by atoms with E-state index in [1.807, 2.05) is 24.3 Å². The van der Waals surface area contributed by atoms with E-state index in [2.05, 4.69) is 20.8 Å². The van der Waals surface area contributed by atoms with Gasteiger partial charge in [0.1, 0.15) is 0 Å². The minimum atomic E-state index is -3.20. The normalized spacial score (nSPS) is 18.2. The molecule has 0 radical (unpaired) electrons. The molecule has 7 nitrogen and oxygen atoms in total. The van der Waals surface area contributed by atoms with Crippen LogP contribution in [0.4, 0.5) is 5.69 Å². The Morgan fingerprint density at radius 2 is 1.83 bits per heavy atom. The first-order valence-electron chi connectivity index (χ1n) is 9.81. The van der Waals surface area contributed by atoms with Gasteiger partial charge < -0.3 is 4.90 Å². The summed E-state index contributed by atoms with van der Waals surface area (Å²) < 4.78 is 24.1. The highest BCUT2D eigenvalue weighted by Gasteiger charge is 2.35. The third kappa shape index (κ3) is 5.05. The summed E-state index contributed by atoms with van der Waals surface area (Å²) in [5, 5.41) is 11.1. The molecule has 1 atom stereocenters. The van der Waals surface area contributed by atoms with Gasteiger partial charge in [-0.1, -0.05) is 51.1 Å². The molecule has 1 saturated heterocycles. The number of nitro groups is 1. The van der Waals surface area contributed by atoms with E-state index >= 15 is 0 Å². The summed E-state index contributed by atoms with van der Waals surface area (Å²) in [4.78, 5) is 25.3. The van der Waals surface area contributed by atoms with Gasteiger partial charge in [0, 0.05) is 30.3 Å². The molecule has 0 N–H and O–H groups in total. The Morgan fingerprint density at radius 1 is 1.17 bits per heavy atom. The maximum atomic E-state index is 13.3. The van der Waals surface area contributed by atoms with E-state index in [9.17, 15) is 23.3 Å². The minimum absolute atomic E-state index is 0.00343. The van der Waals surface area contributed by atoms with Crippen molar-refractivity contribution >= 4 is 21.4 Å². The van der Waals surface area contributed by atoms with Gasteiger partial charge in [0.25, 0.3) is 11.6 Å². The van der Waals surface area contributed by atoms with Crippen LogP contribution < -0.4 is 0 Å². The van der Waals surface area contributed by atoms with Crippen LogP contribution in [0.2, 0.25) is 0 Å². The second-order valence-corrected chi connectivity index (χ2v) is 11.0. The van der Waals surface area contributed by atoms with E-state index in [0.717, 1.165) is 11.1 Å². The average molecular weight is 431 g/mol. The molecule has 0 spiro atoms. The fraction of sp³-hybridized carbons (Fsp3) is 0.409. The van der Waals surface area contributed by atoms with Gasteiger partial charge in [-0.3, -0.25) is 14.9 Å². The zero-order chi connectivity index (χ0) is 22.1. The molecule has 0 aromatic heterocycles. The molecule has 0 saturated carbocycles. The third-order valence-corrected chi connectivity index (χ3v) is 7.14. The Bertz CT molecular complexity index is 1060. The smallest absolute Gasteiger partial charge is 0.270 e. The van der Waals surface area contributed by atoms with Crippen LogP contribution in [0.25, 0.3) is 0 Å². The van der Waals surface area contributed by atoms with E-state index in [1.54, 1.807) is 0 Å². The largest absolute Gasteiger partial charge is 0.330 e. The molecule has 3 rings (SSSR count). The Labute approximate surface area is 176 Å². The van der Waals surface area contributed by atoms with Gasteiger partial charge >= 0.3 is 0 Å². The van der Waals surface area contributed by atoms with Gasteiger partial charge in [-0.25, -0.2) is 8.42 Å². The fourth-order valence-electron chi connectivity index (χ4n) is 3.61. The lowest BCUT2D eigenvalue weighted by molar-refractivity contribution is -0.384. The predicted molar refractivity (Wildman–Crippen MR) is 115 cm³/mol. The molecule has 0 aliphatic carbocycles. The molecular formula is C22H26N2O5S. The molecule has 8 heteroatoms. The first-order valence-corrected chi connectivity index (χ1v) is 11.6. The lowest BCUT2D eigenvalue weighted by atomic mass is 9.86. The van der Waals surface area contributed by atoms with Crippen LogP contribution in [-0.4, -0.2) is 41.7 Å². The van der Waals surface area contributed by atoms with Crippen molar-refractivity contribution < 1.29 is 18.1 Å². The SMILES string of the molecule is CC(C)(C)c1ccc(CN(C(=O)c2cccc([N+](=O)[O-])c2)C2CCS(=O)(=O)C2)cc1. The first-order chi connectivity index (χ1) is 14.0. The maximum Gasteiger partial charge on any atom is 0.270 e. The zero-order valence-electron chi connectivity index (χ0n) is 17.4. The summed E-state index contributed by atoms with van der Waals surface area (Å²) in [6.45, 7) is 6.59. The lowest BCUT2D eigenvalue weighted by Gasteiger charge is -2.29. The van der Waals surface area contributed by atoms with E-state index in [-0.39, 0.29) is 34.7 Å². The highest BCUT2D eigenvalue weighted by molar-refractivity contribution is 7.91. The molecule has 1 fully saturated rings. The van der Waals surface area contributed by atoms with E-state index < -0.39 is 26.7 Å². The molecule has 0 bridgehead atoms. The molecule has 1 aliphatic heterocycles. The van der Waals surface area contributed by atoms with Gasteiger partial charge in [-0.2, -0.15) is 0 Å². The molecule has 160 valence electrons. The van der Waals surface area contributed by atoms with Crippen molar-refractivity contribution in [2.75, 3.05) is 11.5 Å². The highest BCUT2D eigenvalue weighted by Crippen LogP contribution is 2.26. The average Bonchev–Trinajstić information content (AvgIpc) is 3.05. The van der Waals surface area contributed by atoms with Crippen molar-refractivity contribution in [3.63, 3.8) is 0 Å². The molecule has 2 aromatic rings. The molecule has 2 aromatic carbocycles. The standard InChI is InChI=1S/C22H26N2O5S/c1-22(2,3)18-9-7-16(8-10-18)14-23(20-11-12-30(28,29)15-20)21(25)17-5-4-6-19(13-17)24(26)27/h4-10,13,20H,11-12,14-15H2,1-3H3. The summed E-state index contributed by atoms with van der Waals surface area (Å²) in [6.07, 6.45) is 0.364. The molecule has 1 aliphatic rings. The van der Waals surface area contributed by atoms with Crippen molar-refractivity contribution in [1.29, 1.82) is 0 Å². The number of hydrogen-bond donors (Lipinski definition) is 0. The minimum Gasteiger partial charge on any atom is -0.330 e. The summed E-state index contributed by atoms with van der Waals surface area (Å²) >= 11 is 0. The van der Waals surface area contributed by atoms with Crippen LogP contribution in [0.5, 0.6) is 0 Å². The number of nitrogens with zero attached hydrogens (tertiary/aromatic N) is 2. The zero-order valence-corrected chi connectivity index (χ0v) is 18.2. The second-order valence-electron chi connectivity index (χ2n) is 8.74. The van der Waals surface area contributed by atoms with Crippen molar-refractivity contribution in [3.05, 3.63) is 75.3 Å². The van der Waals surface area contributed by atoms with Gasteiger partial charge in [0.15, 0.2) is 9.84 Å². The Kier molecular flexibility index (Phi) is 5.99. The number of nitro benzene ring substituents is 1. The monoisotopic (exact) mass is 430 g/mol. The highest BCUT2D eigenvalue weighted by atomic mass is 32.2. The summed E-state index contributed by atoms with van der Waals surface area (Å²) in [5.74, 6) is -0.451. The summed E-state index contributed by atoms with van der Waals surface area (Å²) in [5.41, 5.74) is 2.04. The van der Waals surface area contributed by atoms with Crippen LogP contribution in [0.3, 0.4) is 0 Å². The number of carbonyl (C=O) groups is 1. The van der Waals surface area contributed by atoms with Crippen LogP contribution in [-0.2, 0) is 21.8 Å². The van der Waals surface area contributed by atoms with Crippen molar-refractivity contribution in [2.45, 2.75) is 45.2 Å². The molecule has 1 heterocycles. The number of amides is 1. The summed E-state index contributed by atoms with van der Waals surface area (Å²) in [6, 6.07) is 13.0. The van der Waals surface area contributed by atoms with E-state index in [1.165, 1.54) is 29.2 Å².